The number of aromatic nitrogens is 2. The second-order valence-corrected chi connectivity index (χ2v) is 11.0. The summed E-state index contributed by atoms with van der Waals surface area (Å²) in [6.07, 6.45) is 7.57. The molecule has 1 aliphatic carbocycles. The predicted octanol–water partition coefficient (Wildman–Crippen LogP) is 7.07. The predicted molar refractivity (Wildman–Crippen MR) is 150 cm³/mol. The molecule has 1 saturated carbocycles. The second-order valence-electron chi connectivity index (χ2n) is 9.87. The first kappa shape index (κ1) is 23.6. The highest BCUT2D eigenvalue weighted by Gasteiger charge is 2.28. The lowest BCUT2D eigenvalue weighted by atomic mass is 10.0. The fraction of sp³-hybridized carbons (Fsp3) is 0.258. The molecule has 0 aliphatic heterocycles. The number of rotatable bonds is 10. The summed E-state index contributed by atoms with van der Waals surface area (Å²) in [6.45, 7) is 0.493. The van der Waals surface area contributed by atoms with Crippen LogP contribution in [-0.2, 0) is 17.8 Å². The maximum atomic E-state index is 12.9. The molecule has 2 N–H and O–H groups in total. The number of aromatic amines is 1. The summed E-state index contributed by atoms with van der Waals surface area (Å²) < 4.78 is 1.16. The van der Waals surface area contributed by atoms with Crippen LogP contribution < -0.4 is 5.32 Å². The smallest absolute Gasteiger partial charge is 0.253 e. The maximum Gasteiger partial charge on any atom is 0.253 e. The van der Waals surface area contributed by atoms with Gasteiger partial charge in [0.2, 0.25) is 0 Å². The number of aryl methyl sites for hydroxylation is 1. The fourth-order valence-electron chi connectivity index (χ4n) is 4.81. The van der Waals surface area contributed by atoms with Gasteiger partial charge in [-0.3, -0.25) is 9.59 Å². The molecule has 5 nitrogen and oxygen atoms in total. The number of carbonyl (C=O) groups excluding carboxylic acids is 2. The third kappa shape index (κ3) is 5.35. The molecule has 2 heterocycles. The lowest BCUT2D eigenvalue weighted by Crippen LogP contribution is -2.22. The van der Waals surface area contributed by atoms with Crippen molar-refractivity contribution in [3.63, 3.8) is 0 Å². The molecule has 5 aromatic rings. The number of benzene rings is 3. The number of amides is 1. The number of nitrogens with one attached hydrogen (secondary N) is 2. The van der Waals surface area contributed by atoms with Crippen LogP contribution in [0.25, 0.3) is 32.2 Å². The molecule has 37 heavy (non-hydrogen) atoms. The van der Waals surface area contributed by atoms with Crippen molar-refractivity contribution in [1.82, 2.24) is 15.3 Å². The summed E-state index contributed by atoms with van der Waals surface area (Å²) in [4.78, 5) is 32.9. The highest BCUT2D eigenvalue weighted by atomic mass is 32.1. The summed E-state index contributed by atoms with van der Waals surface area (Å²) in [7, 11) is 0. The van der Waals surface area contributed by atoms with Crippen LogP contribution in [0.3, 0.4) is 0 Å². The number of ketones is 1. The highest BCUT2D eigenvalue weighted by Crippen LogP contribution is 2.33. The summed E-state index contributed by atoms with van der Waals surface area (Å²) in [5.74, 6) is 0.727. The Balaban J connectivity index is 1.16. The molecule has 0 saturated heterocycles. The van der Waals surface area contributed by atoms with Gasteiger partial charge in [0.25, 0.3) is 5.91 Å². The van der Waals surface area contributed by atoms with Crippen LogP contribution in [0.5, 0.6) is 0 Å². The molecule has 186 valence electrons. The molecule has 0 bridgehead atoms. The van der Waals surface area contributed by atoms with E-state index in [-0.39, 0.29) is 5.91 Å². The van der Waals surface area contributed by atoms with Gasteiger partial charge in [0, 0.05) is 36.0 Å². The van der Waals surface area contributed by atoms with E-state index in [1.54, 1.807) is 17.5 Å². The number of thiazole rings is 1. The molecule has 3 aromatic carbocycles. The average molecular weight is 508 g/mol. The molecule has 0 spiro atoms. The van der Waals surface area contributed by atoms with Crippen LogP contribution in [0.4, 0.5) is 0 Å². The van der Waals surface area contributed by atoms with Crippen LogP contribution in [0.2, 0.25) is 0 Å². The first-order valence-corrected chi connectivity index (χ1v) is 13.8. The molecule has 1 aliphatic rings. The number of hydrogen-bond donors (Lipinski definition) is 2. The van der Waals surface area contributed by atoms with Crippen LogP contribution in [-0.4, -0.2) is 21.7 Å². The molecular formula is C31H29N3O2S. The Morgan fingerprint density at radius 1 is 0.973 bits per heavy atom. The third-order valence-corrected chi connectivity index (χ3v) is 8.16. The zero-order chi connectivity index (χ0) is 25.2. The van der Waals surface area contributed by atoms with E-state index in [4.69, 9.17) is 4.98 Å². The van der Waals surface area contributed by atoms with Crippen molar-refractivity contribution < 1.29 is 9.59 Å². The van der Waals surface area contributed by atoms with E-state index in [1.807, 2.05) is 36.4 Å². The van der Waals surface area contributed by atoms with Gasteiger partial charge in [0.15, 0.2) is 0 Å². The van der Waals surface area contributed by atoms with E-state index >= 15 is 0 Å². The maximum absolute atomic E-state index is 12.9. The minimum atomic E-state index is -0.0892. The first-order chi connectivity index (χ1) is 18.1. The molecule has 6 rings (SSSR count). The molecule has 2 aromatic heterocycles. The third-order valence-electron chi connectivity index (χ3n) is 7.08. The van der Waals surface area contributed by atoms with Gasteiger partial charge in [0.05, 0.1) is 20.8 Å². The molecule has 0 unspecified atom stereocenters. The van der Waals surface area contributed by atoms with Gasteiger partial charge in [-0.05, 0) is 73.1 Å². The molecular weight excluding hydrogens is 478 g/mol. The number of H-pyrrole nitrogens is 1. The van der Waals surface area contributed by atoms with Crippen LogP contribution in [0.1, 0.15) is 53.0 Å². The highest BCUT2D eigenvalue weighted by molar-refractivity contribution is 7.18. The molecule has 1 amide bonds. The van der Waals surface area contributed by atoms with Gasteiger partial charge in [-0.1, -0.05) is 42.5 Å². The Morgan fingerprint density at radius 2 is 1.78 bits per heavy atom. The zero-order valence-electron chi connectivity index (χ0n) is 20.6. The van der Waals surface area contributed by atoms with Crippen LogP contribution in [0, 0.1) is 5.92 Å². The lowest BCUT2D eigenvalue weighted by molar-refractivity contribution is -0.120. The number of Topliss-reactive ketones (excluding diaryl/α,β-unsaturated/α-hetero) is 1. The second kappa shape index (κ2) is 10.3. The summed E-state index contributed by atoms with van der Waals surface area (Å²) >= 11 is 1.74. The molecule has 6 heteroatoms. The van der Waals surface area contributed by atoms with Gasteiger partial charge >= 0.3 is 0 Å². The summed E-state index contributed by atoms with van der Waals surface area (Å²) in [6, 6.07) is 22.5. The van der Waals surface area contributed by atoms with Gasteiger partial charge in [-0.15, -0.1) is 11.3 Å². The van der Waals surface area contributed by atoms with E-state index in [2.05, 4.69) is 40.6 Å². The van der Waals surface area contributed by atoms with E-state index in [0.717, 1.165) is 74.9 Å². The van der Waals surface area contributed by atoms with Crippen molar-refractivity contribution in [2.45, 2.75) is 45.1 Å². The first-order valence-electron chi connectivity index (χ1n) is 13.0. The van der Waals surface area contributed by atoms with E-state index in [0.29, 0.717) is 30.2 Å². The van der Waals surface area contributed by atoms with Crippen molar-refractivity contribution in [2.24, 2.45) is 5.92 Å². The Bertz CT molecular complexity index is 1580. The van der Waals surface area contributed by atoms with Crippen molar-refractivity contribution in [2.75, 3.05) is 0 Å². The van der Waals surface area contributed by atoms with E-state index < -0.39 is 0 Å². The Labute approximate surface area is 219 Å². The molecule has 1 fully saturated rings. The van der Waals surface area contributed by atoms with Crippen LogP contribution in [0.15, 0.2) is 72.9 Å². The Kier molecular flexibility index (Phi) is 6.58. The number of carbonyl (C=O) groups is 2. The van der Waals surface area contributed by atoms with Crippen LogP contribution >= 0.6 is 11.3 Å². The van der Waals surface area contributed by atoms with Crippen molar-refractivity contribution in [3.05, 3.63) is 89.1 Å². The Morgan fingerprint density at radius 3 is 2.62 bits per heavy atom. The average Bonchev–Trinajstić information content (AvgIpc) is 3.57. The molecule has 0 atom stereocenters. The van der Waals surface area contributed by atoms with Gasteiger partial charge in [0.1, 0.15) is 5.78 Å². The lowest BCUT2D eigenvalue weighted by Gasteiger charge is -2.06. The topological polar surface area (TPSA) is 74.8 Å². The van der Waals surface area contributed by atoms with E-state index in [1.165, 1.54) is 0 Å². The fourth-order valence-corrected chi connectivity index (χ4v) is 5.85. The number of hydrogen-bond acceptors (Lipinski definition) is 4. The monoisotopic (exact) mass is 507 g/mol. The van der Waals surface area contributed by atoms with E-state index in [9.17, 15) is 9.59 Å². The SMILES string of the molecule is O=C(NCc1ccccc1)c1c[nH]c2ccc(-c3ccc4nc(CCCCC(=O)C5CC5)sc4c3)cc12. The molecule has 0 radical (unpaired) electrons. The minimum absolute atomic E-state index is 0.0892. The minimum Gasteiger partial charge on any atom is -0.360 e. The quantitative estimate of drug-likeness (QED) is 0.199. The van der Waals surface area contributed by atoms with Crippen molar-refractivity contribution >= 4 is 44.1 Å². The zero-order valence-corrected chi connectivity index (χ0v) is 21.4. The summed E-state index contributed by atoms with van der Waals surface area (Å²) in [5, 5.41) is 5.07. The number of nitrogens with zero attached hydrogens (tertiary/aromatic N) is 1. The Hall–Kier alpha value is -3.77. The van der Waals surface area contributed by atoms with Gasteiger partial charge < -0.3 is 10.3 Å². The standard InChI is InChI=1S/C31H29N3O2S/c35-28(21-10-11-21)8-4-5-9-30-34-27-15-13-23(17-29(27)37-30)22-12-14-26-24(16-22)25(19-32-26)31(36)33-18-20-6-2-1-3-7-20/h1-3,6-7,12-17,19,21,32H,4-5,8-11,18H2,(H,33,36). The number of fused-ring (bicyclic) bond motifs is 2. The van der Waals surface area contributed by atoms with Gasteiger partial charge in [-0.2, -0.15) is 0 Å². The number of unbranched alkanes of at least 4 members (excludes halogenated alkanes) is 1. The summed E-state index contributed by atoms with van der Waals surface area (Å²) in [5.41, 5.74) is 5.85. The largest absolute Gasteiger partial charge is 0.360 e. The van der Waals surface area contributed by atoms with Gasteiger partial charge in [-0.25, -0.2) is 4.98 Å². The normalized spacial score (nSPS) is 13.3. The van der Waals surface area contributed by atoms with Crippen molar-refractivity contribution in [3.8, 4) is 11.1 Å². The van der Waals surface area contributed by atoms with Crippen molar-refractivity contribution in [1.29, 1.82) is 0 Å².